The van der Waals surface area contributed by atoms with Crippen LogP contribution in [0, 0.1) is 0 Å². The van der Waals surface area contributed by atoms with E-state index < -0.39 is 6.09 Å². The SMILES string of the molecule is O=C(O)N1CCOc2c(cccc2C(=O)N2CCCC2)C1. The summed E-state index contributed by atoms with van der Waals surface area (Å²) in [4.78, 5) is 26.8. The molecule has 3 rings (SSSR count). The molecule has 2 aliphatic rings. The summed E-state index contributed by atoms with van der Waals surface area (Å²) in [5.74, 6) is 0.520. The van der Waals surface area contributed by atoms with E-state index in [0.717, 1.165) is 31.5 Å². The highest BCUT2D eigenvalue weighted by atomic mass is 16.5. The van der Waals surface area contributed by atoms with Crippen LogP contribution in [0.2, 0.25) is 0 Å². The van der Waals surface area contributed by atoms with Gasteiger partial charge in [-0.25, -0.2) is 4.79 Å². The van der Waals surface area contributed by atoms with E-state index in [-0.39, 0.29) is 19.1 Å². The van der Waals surface area contributed by atoms with Crippen molar-refractivity contribution in [3.8, 4) is 5.75 Å². The molecule has 6 nitrogen and oxygen atoms in total. The van der Waals surface area contributed by atoms with E-state index >= 15 is 0 Å². The Labute approximate surface area is 122 Å². The fourth-order valence-corrected chi connectivity index (χ4v) is 2.84. The molecule has 1 aromatic rings. The number of amides is 2. The van der Waals surface area contributed by atoms with Crippen molar-refractivity contribution >= 4 is 12.0 Å². The summed E-state index contributed by atoms with van der Waals surface area (Å²) in [7, 11) is 0. The summed E-state index contributed by atoms with van der Waals surface area (Å²) < 4.78 is 5.69. The van der Waals surface area contributed by atoms with Crippen LogP contribution in [0.3, 0.4) is 0 Å². The van der Waals surface area contributed by atoms with Crippen LogP contribution in [-0.4, -0.2) is 53.1 Å². The third kappa shape index (κ3) is 2.66. The molecule has 1 fully saturated rings. The number of fused-ring (bicyclic) bond motifs is 1. The first-order chi connectivity index (χ1) is 10.2. The van der Waals surface area contributed by atoms with Crippen molar-refractivity contribution in [1.82, 2.24) is 9.80 Å². The number of likely N-dealkylation sites (tertiary alicyclic amines) is 1. The normalized spacial score (nSPS) is 17.9. The van der Waals surface area contributed by atoms with Crippen molar-refractivity contribution in [3.63, 3.8) is 0 Å². The molecule has 1 saturated heterocycles. The molecule has 0 aliphatic carbocycles. The number of carbonyl (C=O) groups is 2. The lowest BCUT2D eigenvalue weighted by molar-refractivity contribution is 0.0788. The van der Waals surface area contributed by atoms with Gasteiger partial charge in [0, 0.05) is 18.7 Å². The van der Waals surface area contributed by atoms with E-state index in [0.29, 0.717) is 17.9 Å². The van der Waals surface area contributed by atoms with Crippen LogP contribution in [-0.2, 0) is 6.54 Å². The molecule has 0 saturated carbocycles. The summed E-state index contributed by atoms with van der Waals surface area (Å²) in [6.45, 7) is 2.39. The summed E-state index contributed by atoms with van der Waals surface area (Å²) in [6.07, 6.45) is 1.10. The number of nitrogens with zero attached hydrogens (tertiary/aromatic N) is 2. The molecule has 0 radical (unpaired) electrons. The maximum Gasteiger partial charge on any atom is 0.407 e. The third-order valence-electron chi connectivity index (χ3n) is 3.96. The highest BCUT2D eigenvalue weighted by Crippen LogP contribution is 2.29. The Morgan fingerprint density at radius 3 is 2.57 bits per heavy atom. The lowest BCUT2D eigenvalue weighted by atomic mass is 10.1. The first-order valence-corrected chi connectivity index (χ1v) is 7.18. The fraction of sp³-hybridized carbons (Fsp3) is 0.467. The third-order valence-corrected chi connectivity index (χ3v) is 3.96. The molecule has 21 heavy (non-hydrogen) atoms. The van der Waals surface area contributed by atoms with Gasteiger partial charge >= 0.3 is 6.09 Å². The number of rotatable bonds is 1. The lowest BCUT2D eigenvalue weighted by Crippen LogP contribution is -2.30. The lowest BCUT2D eigenvalue weighted by Gasteiger charge is -2.18. The molecule has 1 aromatic carbocycles. The summed E-state index contributed by atoms with van der Waals surface area (Å²) in [6, 6.07) is 5.37. The minimum atomic E-state index is -0.970. The molecule has 0 atom stereocenters. The highest BCUT2D eigenvalue weighted by molar-refractivity contribution is 5.97. The summed E-state index contributed by atoms with van der Waals surface area (Å²) in [5.41, 5.74) is 1.29. The van der Waals surface area contributed by atoms with Crippen molar-refractivity contribution in [2.45, 2.75) is 19.4 Å². The van der Waals surface area contributed by atoms with E-state index in [4.69, 9.17) is 9.84 Å². The molecular formula is C15H18N2O4. The Hall–Kier alpha value is -2.24. The standard InChI is InChI=1S/C15H18N2O4/c18-14(16-6-1-2-7-16)12-5-3-4-11-10-17(15(19)20)8-9-21-13(11)12/h3-5H,1-2,6-10H2,(H,19,20). The second-order valence-corrected chi connectivity index (χ2v) is 5.35. The molecular weight excluding hydrogens is 272 g/mol. The van der Waals surface area contributed by atoms with Crippen LogP contribution in [0.5, 0.6) is 5.75 Å². The molecule has 0 aromatic heterocycles. The van der Waals surface area contributed by atoms with Gasteiger partial charge in [0.2, 0.25) is 0 Å². The zero-order valence-electron chi connectivity index (χ0n) is 11.7. The van der Waals surface area contributed by atoms with E-state index in [1.807, 2.05) is 11.0 Å². The Morgan fingerprint density at radius 1 is 1.10 bits per heavy atom. The fourth-order valence-electron chi connectivity index (χ4n) is 2.84. The average Bonchev–Trinajstić information content (AvgIpc) is 2.91. The van der Waals surface area contributed by atoms with Crippen LogP contribution in [0.4, 0.5) is 4.79 Å². The number of carbonyl (C=O) groups excluding carboxylic acids is 1. The van der Waals surface area contributed by atoms with Crippen LogP contribution in [0.1, 0.15) is 28.8 Å². The van der Waals surface area contributed by atoms with E-state index in [2.05, 4.69) is 0 Å². The maximum atomic E-state index is 12.6. The number of carboxylic acid groups (broad SMARTS) is 1. The zero-order valence-corrected chi connectivity index (χ0v) is 11.7. The molecule has 6 heteroatoms. The topological polar surface area (TPSA) is 70.1 Å². The van der Waals surface area contributed by atoms with Gasteiger partial charge in [-0.2, -0.15) is 0 Å². The van der Waals surface area contributed by atoms with Crippen LogP contribution < -0.4 is 4.74 Å². The molecule has 112 valence electrons. The smallest absolute Gasteiger partial charge is 0.407 e. The van der Waals surface area contributed by atoms with Gasteiger partial charge in [-0.1, -0.05) is 12.1 Å². The molecule has 2 heterocycles. The Bertz CT molecular complexity index is 567. The Balaban J connectivity index is 1.91. The van der Waals surface area contributed by atoms with Crippen LogP contribution in [0.25, 0.3) is 0 Å². The number of benzene rings is 1. The predicted octanol–water partition coefficient (Wildman–Crippen LogP) is 1.80. The van der Waals surface area contributed by atoms with Gasteiger partial charge < -0.3 is 19.6 Å². The van der Waals surface area contributed by atoms with Crippen LogP contribution >= 0.6 is 0 Å². The predicted molar refractivity (Wildman–Crippen MR) is 75.5 cm³/mol. The van der Waals surface area contributed by atoms with E-state index in [1.54, 1.807) is 12.1 Å². The van der Waals surface area contributed by atoms with Gasteiger partial charge in [-0.15, -0.1) is 0 Å². The molecule has 2 aliphatic heterocycles. The van der Waals surface area contributed by atoms with Crippen molar-refractivity contribution in [2.75, 3.05) is 26.2 Å². The van der Waals surface area contributed by atoms with Crippen LogP contribution in [0.15, 0.2) is 18.2 Å². The van der Waals surface area contributed by atoms with Gasteiger partial charge in [0.1, 0.15) is 12.4 Å². The number of hydrogen-bond donors (Lipinski definition) is 1. The monoisotopic (exact) mass is 290 g/mol. The van der Waals surface area contributed by atoms with Gasteiger partial charge in [0.25, 0.3) is 5.91 Å². The Morgan fingerprint density at radius 2 is 1.86 bits per heavy atom. The van der Waals surface area contributed by atoms with Crippen molar-refractivity contribution in [3.05, 3.63) is 29.3 Å². The molecule has 0 bridgehead atoms. The quantitative estimate of drug-likeness (QED) is 0.856. The molecule has 0 spiro atoms. The minimum Gasteiger partial charge on any atom is -0.491 e. The Kier molecular flexibility index (Phi) is 3.68. The van der Waals surface area contributed by atoms with Gasteiger partial charge in [0.15, 0.2) is 0 Å². The number of hydrogen-bond acceptors (Lipinski definition) is 3. The van der Waals surface area contributed by atoms with Crippen molar-refractivity contribution in [2.24, 2.45) is 0 Å². The second-order valence-electron chi connectivity index (χ2n) is 5.35. The number of para-hydroxylation sites is 1. The highest BCUT2D eigenvalue weighted by Gasteiger charge is 2.26. The molecule has 1 N–H and O–H groups in total. The first kappa shape index (κ1) is 13.7. The van der Waals surface area contributed by atoms with Gasteiger partial charge in [-0.3, -0.25) is 4.79 Å². The van der Waals surface area contributed by atoms with Crippen molar-refractivity contribution < 1.29 is 19.4 Å². The number of ether oxygens (including phenoxy) is 1. The molecule has 2 amide bonds. The summed E-state index contributed by atoms with van der Waals surface area (Å²) >= 11 is 0. The van der Waals surface area contributed by atoms with E-state index in [1.165, 1.54) is 4.90 Å². The summed E-state index contributed by atoms with van der Waals surface area (Å²) in [5, 5.41) is 9.14. The zero-order chi connectivity index (χ0) is 14.8. The average molecular weight is 290 g/mol. The van der Waals surface area contributed by atoms with Gasteiger partial charge in [-0.05, 0) is 18.9 Å². The largest absolute Gasteiger partial charge is 0.491 e. The minimum absolute atomic E-state index is 0.0203. The molecule has 0 unspecified atom stereocenters. The first-order valence-electron chi connectivity index (χ1n) is 7.18. The second kappa shape index (κ2) is 5.63. The maximum absolute atomic E-state index is 12.6. The van der Waals surface area contributed by atoms with E-state index in [9.17, 15) is 9.59 Å². The van der Waals surface area contributed by atoms with Gasteiger partial charge in [0.05, 0.1) is 18.7 Å². The van der Waals surface area contributed by atoms with Crippen molar-refractivity contribution in [1.29, 1.82) is 0 Å².